The highest BCUT2D eigenvalue weighted by Crippen LogP contribution is 2.06. The van der Waals surface area contributed by atoms with E-state index in [0.717, 1.165) is 25.7 Å². The molecule has 0 spiro atoms. The first-order valence-corrected chi connectivity index (χ1v) is 7.04. The van der Waals surface area contributed by atoms with Crippen molar-refractivity contribution in [3.05, 3.63) is 0 Å². The molecule has 0 radical (unpaired) electrons. The van der Waals surface area contributed by atoms with Gasteiger partial charge in [-0.1, -0.05) is 32.6 Å². The lowest BCUT2D eigenvalue weighted by atomic mass is 10.1. The zero-order valence-corrected chi connectivity index (χ0v) is 11.5. The zero-order chi connectivity index (χ0) is 13.6. The van der Waals surface area contributed by atoms with Crippen molar-refractivity contribution in [3.8, 4) is 0 Å². The van der Waals surface area contributed by atoms with Gasteiger partial charge in [0.15, 0.2) is 0 Å². The Hall–Kier alpha value is -1.06. The van der Waals surface area contributed by atoms with Gasteiger partial charge in [-0.25, -0.2) is 0 Å². The van der Waals surface area contributed by atoms with Gasteiger partial charge in [-0.05, 0) is 25.7 Å². The number of aliphatic carboxylic acids is 1. The van der Waals surface area contributed by atoms with Crippen LogP contribution in [0.5, 0.6) is 0 Å². The van der Waals surface area contributed by atoms with Crippen LogP contribution in [0.25, 0.3) is 0 Å². The molecule has 0 aliphatic heterocycles. The minimum atomic E-state index is -0.765. The van der Waals surface area contributed by atoms with Crippen molar-refractivity contribution < 1.29 is 19.4 Å². The monoisotopic (exact) mass is 258 g/mol. The van der Waals surface area contributed by atoms with Crippen LogP contribution in [0.3, 0.4) is 0 Å². The normalized spacial score (nSPS) is 10.3. The van der Waals surface area contributed by atoms with Gasteiger partial charge in [0.1, 0.15) is 0 Å². The number of carbonyl (C=O) groups excluding carboxylic acids is 1. The molecule has 0 amide bonds. The Balaban J connectivity index is 3.19. The van der Waals surface area contributed by atoms with E-state index in [1.165, 1.54) is 19.3 Å². The van der Waals surface area contributed by atoms with Gasteiger partial charge >= 0.3 is 11.9 Å². The molecule has 0 heterocycles. The molecule has 0 aromatic rings. The zero-order valence-electron chi connectivity index (χ0n) is 11.5. The maximum Gasteiger partial charge on any atom is 0.305 e. The highest BCUT2D eigenvalue weighted by molar-refractivity contribution is 5.69. The average Bonchev–Trinajstić information content (AvgIpc) is 2.33. The number of esters is 1. The lowest BCUT2D eigenvalue weighted by molar-refractivity contribution is -0.144. The van der Waals surface area contributed by atoms with Gasteiger partial charge in [-0.15, -0.1) is 0 Å². The highest BCUT2D eigenvalue weighted by atomic mass is 16.5. The van der Waals surface area contributed by atoms with E-state index in [4.69, 9.17) is 9.84 Å². The van der Waals surface area contributed by atoms with Gasteiger partial charge in [0, 0.05) is 12.8 Å². The first-order valence-electron chi connectivity index (χ1n) is 7.04. The minimum absolute atomic E-state index is 0.121. The molecule has 18 heavy (non-hydrogen) atoms. The third-order valence-electron chi connectivity index (χ3n) is 2.78. The molecule has 0 aliphatic carbocycles. The number of ether oxygens (including phenoxy) is 1. The summed E-state index contributed by atoms with van der Waals surface area (Å²) in [7, 11) is 0. The van der Waals surface area contributed by atoms with Gasteiger partial charge in [0.05, 0.1) is 6.61 Å². The molecule has 0 aromatic heterocycles. The molecule has 106 valence electrons. The molecular formula is C14H26O4. The van der Waals surface area contributed by atoms with Crippen LogP contribution >= 0.6 is 0 Å². The van der Waals surface area contributed by atoms with Crippen molar-refractivity contribution in [2.45, 2.75) is 71.1 Å². The maximum absolute atomic E-state index is 11.3. The second-order valence-electron chi connectivity index (χ2n) is 4.59. The summed E-state index contributed by atoms with van der Waals surface area (Å²) in [5, 5.41) is 8.43. The summed E-state index contributed by atoms with van der Waals surface area (Å²) in [5.74, 6) is -0.885. The first kappa shape index (κ1) is 16.9. The Morgan fingerprint density at radius 2 is 1.50 bits per heavy atom. The summed E-state index contributed by atoms with van der Waals surface area (Å²) >= 11 is 0. The predicted molar refractivity (Wildman–Crippen MR) is 70.4 cm³/mol. The Morgan fingerprint density at radius 1 is 0.889 bits per heavy atom. The predicted octanol–water partition coefficient (Wildman–Crippen LogP) is 3.54. The van der Waals surface area contributed by atoms with Crippen molar-refractivity contribution in [1.82, 2.24) is 0 Å². The molecule has 4 nitrogen and oxygen atoms in total. The van der Waals surface area contributed by atoms with Crippen LogP contribution < -0.4 is 0 Å². The fourth-order valence-corrected chi connectivity index (χ4v) is 1.69. The maximum atomic E-state index is 11.3. The molecule has 0 unspecified atom stereocenters. The Labute approximate surface area is 110 Å². The number of rotatable bonds is 12. The van der Waals surface area contributed by atoms with E-state index in [9.17, 15) is 9.59 Å². The molecule has 1 N–H and O–H groups in total. The van der Waals surface area contributed by atoms with Gasteiger partial charge in [-0.2, -0.15) is 0 Å². The minimum Gasteiger partial charge on any atom is -0.481 e. The molecule has 0 bridgehead atoms. The third kappa shape index (κ3) is 13.0. The Morgan fingerprint density at radius 3 is 2.17 bits per heavy atom. The SMILES string of the molecule is CCCCCCCC(=O)OCCCCCC(=O)O. The summed E-state index contributed by atoms with van der Waals surface area (Å²) < 4.78 is 5.07. The van der Waals surface area contributed by atoms with Crippen LogP contribution in [0.2, 0.25) is 0 Å². The molecule has 4 heteroatoms. The quantitative estimate of drug-likeness (QED) is 0.429. The standard InChI is InChI=1S/C14H26O4/c1-2-3-4-5-8-11-14(17)18-12-9-6-7-10-13(15)16/h2-12H2,1H3,(H,15,16). The highest BCUT2D eigenvalue weighted by Gasteiger charge is 2.02. The number of hydrogen-bond acceptors (Lipinski definition) is 3. The van der Waals surface area contributed by atoms with Crippen molar-refractivity contribution in [1.29, 1.82) is 0 Å². The summed E-state index contributed by atoms with van der Waals surface area (Å²) in [4.78, 5) is 21.5. The fourth-order valence-electron chi connectivity index (χ4n) is 1.69. The third-order valence-corrected chi connectivity index (χ3v) is 2.78. The van der Waals surface area contributed by atoms with E-state index in [1.54, 1.807) is 0 Å². The van der Waals surface area contributed by atoms with Gasteiger partial charge in [0.2, 0.25) is 0 Å². The van der Waals surface area contributed by atoms with E-state index in [2.05, 4.69) is 6.92 Å². The van der Waals surface area contributed by atoms with Crippen molar-refractivity contribution in [2.75, 3.05) is 6.61 Å². The molecule has 0 fully saturated rings. The van der Waals surface area contributed by atoms with E-state index in [-0.39, 0.29) is 12.4 Å². The smallest absolute Gasteiger partial charge is 0.305 e. The van der Waals surface area contributed by atoms with E-state index in [1.807, 2.05) is 0 Å². The van der Waals surface area contributed by atoms with Crippen molar-refractivity contribution >= 4 is 11.9 Å². The summed E-state index contributed by atoms with van der Waals surface area (Å²) in [6, 6.07) is 0. The van der Waals surface area contributed by atoms with Crippen LogP contribution in [0.1, 0.15) is 71.1 Å². The van der Waals surface area contributed by atoms with E-state index >= 15 is 0 Å². The lowest BCUT2D eigenvalue weighted by Gasteiger charge is -2.04. The molecule has 0 saturated heterocycles. The number of hydrogen-bond donors (Lipinski definition) is 1. The summed E-state index contributed by atoms with van der Waals surface area (Å²) in [6.45, 7) is 2.59. The number of carbonyl (C=O) groups is 2. The molecule has 0 atom stereocenters. The van der Waals surface area contributed by atoms with Crippen molar-refractivity contribution in [3.63, 3.8) is 0 Å². The number of unbranched alkanes of at least 4 members (excludes halogenated alkanes) is 6. The Kier molecular flexibility index (Phi) is 11.7. The van der Waals surface area contributed by atoms with E-state index < -0.39 is 5.97 Å². The van der Waals surface area contributed by atoms with Crippen LogP contribution in [0.4, 0.5) is 0 Å². The lowest BCUT2D eigenvalue weighted by Crippen LogP contribution is -2.05. The van der Waals surface area contributed by atoms with Crippen LogP contribution in [0, 0.1) is 0 Å². The summed E-state index contributed by atoms with van der Waals surface area (Å²) in [5.41, 5.74) is 0. The van der Waals surface area contributed by atoms with Gasteiger partial charge in [-0.3, -0.25) is 9.59 Å². The first-order chi connectivity index (χ1) is 8.66. The number of carboxylic acids is 1. The van der Waals surface area contributed by atoms with Crippen LogP contribution in [0.15, 0.2) is 0 Å². The molecule has 0 aliphatic rings. The summed E-state index contributed by atoms with van der Waals surface area (Å²) in [6.07, 6.45) is 8.58. The van der Waals surface area contributed by atoms with E-state index in [0.29, 0.717) is 19.4 Å². The molecular weight excluding hydrogens is 232 g/mol. The molecule has 0 aromatic carbocycles. The van der Waals surface area contributed by atoms with Crippen LogP contribution in [-0.2, 0) is 14.3 Å². The largest absolute Gasteiger partial charge is 0.481 e. The fraction of sp³-hybridized carbons (Fsp3) is 0.857. The Bertz CT molecular complexity index is 226. The topological polar surface area (TPSA) is 63.6 Å². The second kappa shape index (κ2) is 12.4. The van der Waals surface area contributed by atoms with Crippen LogP contribution in [-0.4, -0.2) is 23.7 Å². The number of carboxylic acid groups (broad SMARTS) is 1. The second-order valence-corrected chi connectivity index (χ2v) is 4.59. The average molecular weight is 258 g/mol. The molecule has 0 saturated carbocycles. The molecule has 0 rings (SSSR count). The van der Waals surface area contributed by atoms with Gasteiger partial charge < -0.3 is 9.84 Å². The van der Waals surface area contributed by atoms with Crippen molar-refractivity contribution in [2.24, 2.45) is 0 Å². The van der Waals surface area contributed by atoms with Gasteiger partial charge in [0.25, 0.3) is 0 Å².